The molecule has 1 saturated heterocycles. The lowest BCUT2D eigenvalue weighted by Gasteiger charge is -2.37. The number of nitrogens with zero attached hydrogens (tertiary/aromatic N) is 6. The summed E-state index contributed by atoms with van der Waals surface area (Å²) < 4.78 is 9.99. The van der Waals surface area contributed by atoms with Crippen LogP contribution in [-0.4, -0.2) is 42.7 Å². The molecule has 0 aliphatic carbocycles. The standard InChI is InChI=1S/C26H23ClN6O/c1-14-22(32(2)31-30-14)19-13-29-21-18-7-10-28-26(27)24(18)33-23(15-8-11-34-12-9-15)17-6-4-3-5-16(17)20(19)25(21)33/h3-7,10,13,15,23H,8-9,11-12H2,1-2H3/t23-/m0/s1. The minimum atomic E-state index is 0.136. The van der Waals surface area contributed by atoms with Crippen LogP contribution in [-0.2, 0) is 11.8 Å². The van der Waals surface area contributed by atoms with E-state index in [1.54, 1.807) is 6.20 Å². The normalized spacial score (nSPS) is 18.0. The highest BCUT2D eigenvalue weighted by Crippen LogP contribution is 2.52. The average Bonchev–Trinajstić information content (AvgIpc) is 3.38. The zero-order chi connectivity index (χ0) is 23.0. The highest BCUT2D eigenvalue weighted by molar-refractivity contribution is 6.35. The van der Waals surface area contributed by atoms with Crippen molar-refractivity contribution in [1.82, 2.24) is 29.5 Å². The summed E-state index contributed by atoms with van der Waals surface area (Å²) in [5, 5.41) is 10.1. The predicted molar refractivity (Wildman–Crippen MR) is 132 cm³/mol. The molecule has 4 aromatic heterocycles. The summed E-state index contributed by atoms with van der Waals surface area (Å²) in [6, 6.07) is 10.9. The van der Waals surface area contributed by atoms with Crippen molar-refractivity contribution >= 4 is 33.5 Å². The van der Waals surface area contributed by atoms with Crippen LogP contribution in [0.15, 0.2) is 42.7 Å². The summed E-state index contributed by atoms with van der Waals surface area (Å²) in [6.07, 6.45) is 5.75. The van der Waals surface area contributed by atoms with Gasteiger partial charge in [-0.05, 0) is 42.9 Å². The van der Waals surface area contributed by atoms with Gasteiger partial charge in [0.05, 0.1) is 34.0 Å². The monoisotopic (exact) mass is 470 g/mol. The Morgan fingerprint density at radius 3 is 2.65 bits per heavy atom. The Kier molecular flexibility index (Phi) is 4.35. The van der Waals surface area contributed by atoms with Crippen molar-refractivity contribution in [2.24, 2.45) is 13.0 Å². The lowest BCUT2D eigenvalue weighted by Crippen LogP contribution is -2.29. The van der Waals surface area contributed by atoms with Gasteiger partial charge in [0, 0.05) is 49.2 Å². The van der Waals surface area contributed by atoms with Crippen LogP contribution in [0.3, 0.4) is 0 Å². The van der Waals surface area contributed by atoms with Crippen molar-refractivity contribution < 1.29 is 4.74 Å². The molecule has 0 spiro atoms. The van der Waals surface area contributed by atoms with Crippen molar-refractivity contribution in [3.8, 4) is 22.4 Å². The fraction of sp³-hybridized carbons (Fsp3) is 0.308. The molecule has 0 amide bonds. The third-order valence-electron chi connectivity index (χ3n) is 7.46. The molecule has 2 aliphatic heterocycles. The Morgan fingerprint density at radius 2 is 1.85 bits per heavy atom. The molecule has 6 heterocycles. The van der Waals surface area contributed by atoms with Crippen LogP contribution in [0, 0.1) is 12.8 Å². The quantitative estimate of drug-likeness (QED) is 0.326. The number of rotatable bonds is 2. The SMILES string of the molecule is Cc1nnn(C)c1-c1cnc2c3ccnc(Cl)c3n3c2c1-c1ccccc1[C@@H]3C1CCOCC1. The second-order valence-corrected chi connectivity index (χ2v) is 9.60. The van der Waals surface area contributed by atoms with Gasteiger partial charge < -0.3 is 9.30 Å². The van der Waals surface area contributed by atoms with E-state index in [1.165, 1.54) is 11.1 Å². The molecule has 1 aromatic carbocycles. The van der Waals surface area contributed by atoms with Crippen LogP contribution < -0.4 is 0 Å². The van der Waals surface area contributed by atoms with Crippen LogP contribution in [0.4, 0.5) is 0 Å². The van der Waals surface area contributed by atoms with Gasteiger partial charge in [-0.3, -0.25) is 4.98 Å². The summed E-state index contributed by atoms with van der Waals surface area (Å²) in [4.78, 5) is 9.47. The van der Waals surface area contributed by atoms with Crippen LogP contribution in [0.25, 0.3) is 44.3 Å². The van der Waals surface area contributed by atoms with Crippen molar-refractivity contribution in [1.29, 1.82) is 0 Å². The van der Waals surface area contributed by atoms with E-state index in [0.717, 1.165) is 70.5 Å². The van der Waals surface area contributed by atoms with Crippen LogP contribution in [0.2, 0.25) is 5.15 Å². The molecule has 0 N–H and O–H groups in total. The molecule has 8 heteroatoms. The minimum absolute atomic E-state index is 0.136. The number of ether oxygens (including phenoxy) is 1. The fourth-order valence-electron chi connectivity index (χ4n) is 6.07. The van der Waals surface area contributed by atoms with Crippen molar-refractivity contribution in [2.75, 3.05) is 13.2 Å². The van der Waals surface area contributed by atoms with Gasteiger partial charge in [0.15, 0.2) is 5.15 Å². The number of benzene rings is 1. The molecule has 1 atom stereocenters. The molecule has 5 aromatic rings. The van der Waals surface area contributed by atoms with Gasteiger partial charge >= 0.3 is 0 Å². The van der Waals surface area contributed by atoms with E-state index in [4.69, 9.17) is 21.3 Å². The smallest absolute Gasteiger partial charge is 0.153 e. The Balaban J connectivity index is 1.68. The van der Waals surface area contributed by atoms with Crippen molar-refractivity contribution in [3.05, 3.63) is 59.1 Å². The van der Waals surface area contributed by atoms with E-state index in [2.05, 4.69) is 44.1 Å². The molecule has 7 rings (SSSR count). The van der Waals surface area contributed by atoms with Gasteiger partial charge in [0.1, 0.15) is 0 Å². The Labute approximate surface area is 201 Å². The summed E-state index contributed by atoms with van der Waals surface area (Å²) in [7, 11) is 1.93. The highest BCUT2D eigenvalue weighted by atomic mass is 35.5. The lowest BCUT2D eigenvalue weighted by molar-refractivity contribution is 0.0552. The first-order chi connectivity index (χ1) is 16.6. The Morgan fingerprint density at radius 1 is 1.03 bits per heavy atom. The van der Waals surface area contributed by atoms with Crippen molar-refractivity contribution in [3.63, 3.8) is 0 Å². The van der Waals surface area contributed by atoms with E-state index in [9.17, 15) is 0 Å². The molecule has 170 valence electrons. The van der Waals surface area contributed by atoms with E-state index in [-0.39, 0.29) is 6.04 Å². The maximum Gasteiger partial charge on any atom is 0.153 e. The Hall–Kier alpha value is -3.29. The second kappa shape index (κ2) is 7.35. The molecular formula is C26H23ClN6O. The maximum absolute atomic E-state index is 6.80. The van der Waals surface area contributed by atoms with Crippen LogP contribution in [0.5, 0.6) is 0 Å². The van der Waals surface area contributed by atoms with Gasteiger partial charge in [-0.2, -0.15) is 0 Å². The van der Waals surface area contributed by atoms with Crippen LogP contribution >= 0.6 is 11.6 Å². The molecule has 1 fully saturated rings. The molecule has 0 radical (unpaired) electrons. The van der Waals surface area contributed by atoms with Gasteiger partial charge in [-0.1, -0.05) is 41.1 Å². The molecule has 0 unspecified atom stereocenters. The molecule has 7 nitrogen and oxygen atoms in total. The molecule has 0 saturated carbocycles. The van der Waals surface area contributed by atoms with Gasteiger partial charge in [0.2, 0.25) is 0 Å². The number of aryl methyl sites for hydroxylation is 2. The number of aromatic nitrogens is 6. The molecule has 2 aliphatic rings. The average molecular weight is 471 g/mol. The molecule has 34 heavy (non-hydrogen) atoms. The first-order valence-corrected chi connectivity index (χ1v) is 12.0. The zero-order valence-corrected chi connectivity index (χ0v) is 19.8. The number of hydrogen-bond acceptors (Lipinski definition) is 5. The summed E-state index contributed by atoms with van der Waals surface area (Å²) in [5.41, 5.74) is 9.61. The third kappa shape index (κ3) is 2.62. The van der Waals surface area contributed by atoms with E-state index >= 15 is 0 Å². The predicted octanol–water partition coefficient (Wildman–Crippen LogP) is 5.34. The summed E-state index contributed by atoms with van der Waals surface area (Å²) in [5.74, 6) is 0.432. The van der Waals surface area contributed by atoms with E-state index < -0.39 is 0 Å². The zero-order valence-electron chi connectivity index (χ0n) is 19.0. The number of fused-ring (bicyclic) bond motifs is 5. The van der Waals surface area contributed by atoms with Crippen molar-refractivity contribution in [2.45, 2.75) is 25.8 Å². The maximum atomic E-state index is 6.80. The van der Waals surface area contributed by atoms with Gasteiger partial charge in [-0.25, -0.2) is 9.67 Å². The summed E-state index contributed by atoms with van der Waals surface area (Å²) in [6.45, 7) is 3.56. The Bertz CT molecular complexity index is 1580. The van der Waals surface area contributed by atoms with Gasteiger partial charge in [0.25, 0.3) is 0 Å². The first kappa shape index (κ1) is 20.1. The lowest BCUT2D eigenvalue weighted by atomic mass is 9.80. The summed E-state index contributed by atoms with van der Waals surface area (Å²) >= 11 is 6.80. The first-order valence-electron chi connectivity index (χ1n) is 11.7. The largest absolute Gasteiger partial charge is 0.381 e. The van der Waals surface area contributed by atoms with E-state index in [1.807, 2.05) is 30.9 Å². The number of hydrogen-bond donors (Lipinski definition) is 0. The number of pyridine rings is 2. The van der Waals surface area contributed by atoms with Gasteiger partial charge in [-0.15, -0.1) is 5.10 Å². The highest BCUT2D eigenvalue weighted by Gasteiger charge is 2.37. The molecule has 0 bridgehead atoms. The fourth-order valence-corrected chi connectivity index (χ4v) is 6.32. The minimum Gasteiger partial charge on any atom is -0.381 e. The third-order valence-corrected chi connectivity index (χ3v) is 7.74. The van der Waals surface area contributed by atoms with Crippen LogP contribution in [0.1, 0.15) is 30.1 Å². The topological polar surface area (TPSA) is 70.7 Å². The second-order valence-electron chi connectivity index (χ2n) is 9.24. The number of halogens is 1. The molecular weight excluding hydrogens is 448 g/mol. The van der Waals surface area contributed by atoms with E-state index in [0.29, 0.717) is 11.1 Å².